The number of carbonyl (C=O) groups excluding carboxylic acids is 1. The zero-order valence-electron chi connectivity index (χ0n) is 9.82. The molecule has 6 nitrogen and oxygen atoms in total. The molecular weight excluding hydrogens is 239 g/mol. The zero-order chi connectivity index (χ0) is 13.3. The van der Waals surface area contributed by atoms with E-state index in [-0.39, 0.29) is 17.3 Å². The fourth-order valence-corrected chi connectivity index (χ4v) is 1.35. The van der Waals surface area contributed by atoms with Crippen LogP contribution in [0, 0.1) is 19.7 Å². The minimum Gasteiger partial charge on any atom is -0.398 e. The first kappa shape index (κ1) is 12.0. The first-order valence-electron chi connectivity index (χ1n) is 5.14. The third-order valence-electron chi connectivity index (χ3n) is 2.39. The molecule has 3 N–H and O–H groups in total. The predicted molar refractivity (Wildman–Crippen MR) is 62.5 cm³/mol. The van der Waals surface area contributed by atoms with Gasteiger partial charge in [0.15, 0.2) is 5.82 Å². The van der Waals surface area contributed by atoms with Crippen LogP contribution in [-0.2, 0) is 0 Å². The van der Waals surface area contributed by atoms with Crippen molar-refractivity contribution in [3.8, 4) is 0 Å². The molecule has 0 spiro atoms. The molecule has 0 aliphatic carbocycles. The summed E-state index contributed by atoms with van der Waals surface area (Å²) in [6.45, 7) is 3.15. The second-order valence-electron chi connectivity index (χ2n) is 3.77. The van der Waals surface area contributed by atoms with Crippen molar-refractivity contribution in [1.29, 1.82) is 0 Å². The number of anilines is 2. The van der Waals surface area contributed by atoms with E-state index in [0.717, 1.165) is 6.07 Å². The van der Waals surface area contributed by atoms with Crippen molar-refractivity contribution >= 4 is 17.6 Å². The molecule has 0 unspecified atom stereocenters. The summed E-state index contributed by atoms with van der Waals surface area (Å²) in [5.74, 6) is -0.717. The first-order chi connectivity index (χ1) is 8.47. The van der Waals surface area contributed by atoms with Crippen LogP contribution < -0.4 is 11.1 Å². The minimum absolute atomic E-state index is 0.0444. The summed E-state index contributed by atoms with van der Waals surface area (Å²) in [5, 5.41) is 5.86. The third-order valence-corrected chi connectivity index (χ3v) is 2.39. The molecule has 18 heavy (non-hydrogen) atoms. The zero-order valence-corrected chi connectivity index (χ0v) is 9.82. The van der Waals surface area contributed by atoms with Crippen LogP contribution in [0.3, 0.4) is 0 Å². The minimum atomic E-state index is -0.566. The van der Waals surface area contributed by atoms with Gasteiger partial charge < -0.3 is 10.3 Å². The number of aromatic nitrogens is 2. The number of aryl methyl sites for hydroxylation is 1. The molecule has 7 heteroatoms. The number of benzene rings is 1. The van der Waals surface area contributed by atoms with Crippen LogP contribution in [0.2, 0.25) is 0 Å². The summed E-state index contributed by atoms with van der Waals surface area (Å²) >= 11 is 0. The van der Waals surface area contributed by atoms with E-state index < -0.39 is 11.7 Å². The number of rotatable bonds is 2. The summed E-state index contributed by atoms with van der Waals surface area (Å²) < 4.78 is 18.2. The van der Waals surface area contributed by atoms with Crippen molar-refractivity contribution < 1.29 is 13.7 Å². The maximum absolute atomic E-state index is 13.4. The van der Waals surface area contributed by atoms with Crippen LogP contribution in [0.15, 0.2) is 16.7 Å². The molecule has 0 saturated carbocycles. The van der Waals surface area contributed by atoms with Gasteiger partial charge in [-0.15, -0.1) is 0 Å². The average molecular weight is 250 g/mol. The monoisotopic (exact) mass is 250 g/mol. The highest BCUT2D eigenvalue weighted by molar-refractivity contribution is 6.03. The van der Waals surface area contributed by atoms with E-state index in [9.17, 15) is 9.18 Å². The van der Waals surface area contributed by atoms with Crippen molar-refractivity contribution in [3.05, 3.63) is 34.9 Å². The van der Waals surface area contributed by atoms with Crippen LogP contribution >= 0.6 is 0 Å². The Bertz CT molecular complexity index is 586. The highest BCUT2D eigenvalue weighted by Crippen LogP contribution is 2.18. The second kappa shape index (κ2) is 4.44. The predicted octanol–water partition coefficient (Wildman–Crippen LogP) is 1.66. The Balaban J connectivity index is 2.24. The molecule has 0 fully saturated rings. The molecule has 1 heterocycles. The van der Waals surface area contributed by atoms with Gasteiger partial charge in [0.2, 0.25) is 0 Å². The molecule has 2 rings (SSSR count). The highest BCUT2D eigenvalue weighted by Gasteiger charge is 2.13. The summed E-state index contributed by atoms with van der Waals surface area (Å²) in [5.41, 5.74) is 6.19. The molecule has 0 saturated heterocycles. The molecule has 2 aromatic rings. The molecule has 1 aromatic carbocycles. The molecule has 0 atom stereocenters. The van der Waals surface area contributed by atoms with Gasteiger partial charge in [0.1, 0.15) is 5.82 Å². The topological polar surface area (TPSA) is 94.0 Å². The van der Waals surface area contributed by atoms with Gasteiger partial charge in [0, 0.05) is 16.8 Å². The number of nitrogen functional groups attached to an aromatic ring is 1. The van der Waals surface area contributed by atoms with Gasteiger partial charge in [-0.3, -0.25) is 10.1 Å². The third kappa shape index (κ3) is 2.29. The molecule has 0 aliphatic heterocycles. The summed E-state index contributed by atoms with van der Waals surface area (Å²) in [4.78, 5) is 15.6. The number of nitrogens with two attached hydrogens (primary N) is 1. The largest absolute Gasteiger partial charge is 0.398 e. The Morgan fingerprint density at radius 1 is 1.44 bits per heavy atom. The molecule has 0 radical (unpaired) electrons. The van der Waals surface area contributed by atoms with Crippen molar-refractivity contribution in [2.75, 3.05) is 11.1 Å². The van der Waals surface area contributed by atoms with E-state index in [4.69, 9.17) is 10.3 Å². The van der Waals surface area contributed by atoms with Crippen LogP contribution in [0.4, 0.5) is 16.1 Å². The summed E-state index contributed by atoms with van der Waals surface area (Å²) in [6, 6.07) is 2.44. The van der Waals surface area contributed by atoms with E-state index in [2.05, 4.69) is 15.5 Å². The fraction of sp³-hybridized carbons (Fsp3) is 0.182. The van der Waals surface area contributed by atoms with Crippen LogP contribution in [0.25, 0.3) is 0 Å². The first-order valence-corrected chi connectivity index (χ1v) is 5.14. The van der Waals surface area contributed by atoms with Crippen molar-refractivity contribution in [2.45, 2.75) is 13.8 Å². The number of nitrogens with zero attached hydrogens (tertiary/aromatic N) is 2. The number of amides is 1. The maximum Gasteiger partial charge on any atom is 0.328 e. The number of halogens is 1. The van der Waals surface area contributed by atoms with Crippen molar-refractivity contribution in [2.24, 2.45) is 0 Å². The molecule has 1 aromatic heterocycles. The Kier molecular flexibility index (Phi) is 2.97. The van der Waals surface area contributed by atoms with Gasteiger partial charge in [-0.25, -0.2) is 4.39 Å². The van der Waals surface area contributed by atoms with E-state index in [0.29, 0.717) is 11.4 Å². The van der Waals surface area contributed by atoms with Gasteiger partial charge in [-0.1, -0.05) is 5.16 Å². The lowest BCUT2D eigenvalue weighted by Crippen LogP contribution is -2.13. The molecule has 0 aliphatic rings. The number of carbonyl (C=O) groups is 1. The second-order valence-corrected chi connectivity index (χ2v) is 3.77. The summed E-state index contributed by atoms with van der Waals surface area (Å²) in [6.07, 6.45) is 0. The lowest BCUT2D eigenvalue weighted by Gasteiger charge is -2.05. The molecule has 1 amide bonds. The van der Waals surface area contributed by atoms with E-state index in [1.54, 1.807) is 6.92 Å². The van der Waals surface area contributed by atoms with Gasteiger partial charge in [-0.05, 0) is 26.0 Å². The number of hydrogen-bond acceptors (Lipinski definition) is 5. The van der Waals surface area contributed by atoms with Crippen molar-refractivity contribution in [1.82, 2.24) is 10.1 Å². The Morgan fingerprint density at radius 3 is 2.72 bits per heavy atom. The smallest absolute Gasteiger partial charge is 0.328 e. The lowest BCUT2D eigenvalue weighted by molar-refractivity contribution is 0.102. The van der Waals surface area contributed by atoms with Crippen LogP contribution in [-0.4, -0.2) is 16.0 Å². The normalized spacial score (nSPS) is 10.4. The van der Waals surface area contributed by atoms with E-state index >= 15 is 0 Å². The Labute approximate surface area is 102 Å². The lowest BCUT2D eigenvalue weighted by atomic mass is 10.1. The quantitative estimate of drug-likeness (QED) is 0.790. The Hall–Kier alpha value is -2.44. The standard InChI is InChI=1S/C11H11FN4O2/c1-5-8(12)3-7(4-9(5)13)10(17)15-11-14-6(2)16-18-11/h3-4H,13H2,1-2H3,(H,14,15,16,17). The van der Waals surface area contributed by atoms with Gasteiger partial charge in [-0.2, -0.15) is 4.98 Å². The van der Waals surface area contributed by atoms with Crippen LogP contribution in [0.1, 0.15) is 21.7 Å². The highest BCUT2D eigenvalue weighted by atomic mass is 19.1. The van der Waals surface area contributed by atoms with E-state index in [1.807, 2.05) is 0 Å². The maximum atomic E-state index is 13.4. The summed E-state index contributed by atoms with van der Waals surface area (Å²) in [7, 11) is 0. The van der Waals surface area contributed by atoms with Crippen molar-refractivity contribution in [3.63, 3.8) is 0 Å². The SMILES string of the molecule is Cc1noc(NC(=O)c2cc(N)c(C)c(F)c2)n1. The fourth-order valence-electron chi connectivity index (χ4n) is 1.35. The van der Waals surface area contributed by atoms with Crippen LogP contribution in [0.5, 0.6) is 0 Å². The molecular formula is C11H11FN4O2. The van der Waals surface area contributed by atoms with Gasteiger partial charge in [0.25, 0.3) is 5.91 Å². The number of hydrogen-bond donors (Lipinski definition) is 2. The van der Waals surface area contributed by atoms with Gasteiger partial charge >= 0.3 is 6.01 Å². The molecule has 94 valence electrons. The molecule has 0 bridgehead atoms. The Morgan fingerprint density at radius 2 is 2.17 bits per heavy atom. The van der Waals surface area contributed by atoms with Gasteiger partial charge in [0.05, 0.1) is 0 Å². The van der Waals surface area contributed by atoms with E-state index in [1.165, 1.54) is 13.0 Å². The number of nitrogens with one attached hydrogen (secondary N) is 1. The average Bonchev–Trinajstić information content (AvgIpc) is 2.71.